The van der Waals surface area contributed by atoms with Crippen LogP contribution >= 0.6 is 12.3 Å². The fraction of sp³-hybridized carbons (Fsp3) is 0.147. The number of fused-ring (bicyclic) bond motifs is 7. The van der Waals surface area contributed by atoms with Crippen LogP contribution in [-0.4, -0.2) is 42.7 Å². The first-order chi connectivity index (χ1) is 22.1. The maximum Gasteiger partial charge on any atom is 0.407 e. The molecule has 1 aliphatic carbocycles. The van der Waals surface area contributed by atoms with Crippen molar-refractivity contribution in [3.05, 3.63) is 108 Å². The van der Waals surface area contributed by atoms with E-state index < -0.39 is 6.09 Å². The summed E-state index contributed by atoms with van der Waals surface area (Å²) in [5, 5.41) is 3.78. The Hall–Kier alpha value is -5.29. The third kappa shape index (κ3) is 4.33. The Morgan fingerprint density at radius 1 is 0.956 bits per heavy atom. The molecule has 7 aromatic rings. The van der Waals surface area contributed by atoms with Crippen LogP contribution in [0, 0.1) is 0 Å². The number of aryl methyl sites for hydroxylation is 1. The van der Waals surface area contributed by atoms with Gasteiger partial charge in [0.15, 0.2) is 18.0 Å². The molecule has 1 amide bonds. The lowest BCUT2D eigenvalue weighted by Gasteiger charge is -2.14. The molecule has 0 unspecified atom stereocenters. The van der Waals surface area contributed by atoms with E-state index in [1.807, 2.05) is 70.7 Å². The Labute approximate surface area is 261 Å². The fourth-order valence-electron chi connectivity index (χ4n) is 6.54. The standard InChI is InChI=1S/C34H27FN6O3S/c1-39-18-27(26-13-21(43-2)11-12-29(26)39)30-14-31-33(41(30)45-35)37-16-20-15-36-32(40(20)31)17-38-34(42)44-19-28-24-9-5-3-7-22(24)23-8-4-6-10-25(23)28/h3-16,18,28H,17,19H2,1-2H3,(H,38,42). The van der Waals surface area contributed by atoms with Crippen LogP contribution in [0.4, 0.5) is 8.68 Å². The van der Waals surface area contributed by atoms with Gasteiger partial charge in [0.2, 0.25) is 0 Å². The quantitative estimate of drug-likeness (QED) is 0.202. The highest BCUT2D eigenvalue weighted by molar-refractivity contribution is 7.93. The van der Waals surface area contributed by atoms with Gasteiger partial charge in [-0.15, -0.1) is 3.89 Å². The molecule has 0 bridgehead atoms. The predicted molar refractivity (Wildman–Crippen MR) is 173 cm³/mol. The summed E-state index contributed by atoms with van der Waals surface area (Å²) in [4.78, 5) is 22.0. The summed E-state index contributed by atoms with van der Waals surface area (Å²) in [7, 11) is 3.57. The van der Waals surface area contributed by atoms with E-state index in [4.69, 9.17) is 9.47 Å². The van der Waals surface area contributed by atoms with Gasteiger partial charge in [0, 0.05) is 35.6 Å². The van der Waals surface area contributed by atoms with Crippen LogP contribution in [0.5, 0.6) is 5.75 Å². The second-order valence-electron chi connectivity index (χ2n) is 11.0. The number of rotatable bonds is 7. The number of ether oxygens (including phenoxy) is 2. The van der Waals surface area contributed by atoms with Gasteiger partial charge in [0.05, 0.1) is 42.8 Å². The summed E-state index contributed by atoms with van der Waals surface area (Å²) in [6.07, 6.45) is 4.76. The molecule has 45 heavy (non-hydrogen) atoms. The van der Waals surface area contributed by atoms with E-state index in [2.05, 4.69) is 39.6 Å². The van der Waals surface area contributed by atoms with Crippen LogP contribution in [-0.2, 0) is 18.3 Å². The number of methoxy groups -OCH3 is 1. The van der Waals surface area contributed by atoms with Crippen LogP contribution in [0.15, 0.2) is 91.4 Å². The lowest BCUT2D eigenvalue weighted by Crippen LogP contribution is -2.26. The summed E-state index contributed by atoms with van der Waals surface area (Å²) in [6, 6.07) is 24.2. The predicted octanol–water partition coefficient (Wildman–Crippen LogP) is 7.27. The average Bonchev–Trinajstić information content (AvgIpc) is 3.82. The molecule has 8 rings (SSSR count). The number of alkyl carbamates (subject to hydrolysis) is 1. The molecule has 0 spiro atoms. The third-order valence-corrected chi connectivity index (χ3v) is 9.12. The summed E-state index contributed by atoms with van der Waals surface area (Å²) in [5.74, 6) is 1.24. The second-order valence-corrected chi connectivity index (χ2v) is 11.5. The lowest BCUT2D eigenvalue weighted by molar-refractivity contribution is 0.142. The smallest absolute Gasteiger partial charge is 0.407 e. The molecule has 0 saturated carbocycles. The molecule has 11 heteroatoms. The largest absolute Gasteiger partial charge is 0.497 e. The first-order valence-corrected chi connectivity index (χ1v) is 15.1. The Kier molecular flexibility index (Phi) is 6.49. The van der Waals surface area contributed by atoms with Crippen molar-refractivity contribution in [3.63, 3.8) is 0 Å². The zero-order valence-electron chi connectivity index (χ0n) is 24.4. The van der Waals surface area contributed by atoms with E-state index in [-0.39, 0.29) is 31.4 Å². The van der Waals surface area contributed by atoms with Gasteiger partial charge in [-0.25, -0.2) is 18.7 Å². The van der Waals surface area contributed by atoms with E-state index in [0.717, 1.165) is 33.1 Å². The van der Waals surface area contributed by atoms with Crippen LogP contribution < -0.4 is 10.1 Å². The highest BCUT2D eigenvalue weighted by atomic mass is 32.2. The lowest BCUT2D eigenvalue weighted by atomic mass is 9.98. The summed E-state index contributed by atoms with van der Waals surface area (Å²) >= 11 is 0.0886. The van der Waals surface area contributed by atoms with Crippen molar-refractivity contribution in [3.8, 4) is 28.1 Å². The summed E-state index contributed by atoms with van der Waals surface area (Å²) in [6.45, 7) is 0.324. The average molecular weight is 619 g/mol. The number of aromatic nitrogens is 5. The van der Waals surface area contributed by atoms with Gasteiger partial charge in [0.25, 0.3) is 0 Å². The summed E-state index contributed by atoms with van der Waals surface area (Å²) in [5.41, 5.74) is 8.92. The van der Waals surface area contributed by atoms with E-state index in [1.54, 1.807) is 19.5 Å². The molecule has 1 N–H and O–H groups in total. The molecule has 9 nitrogen and oxygen atoms in total. The number of nitrogens with zero attached hydrogens (tertiary/aromatic N) is 5. The highest BCUT2D eigenvalue weighted by Gasteiger charge is 2.29. The Morgan fingerprint density at radius 3 is 2.42 bits per heavy atom. The van der Waals surface area contributed by atoms with Crippen molar-refractivity contribution < 1.29 is 18.2 Å². The molecule has 1 aliphatic rings. The Morgan fingerprint density at radius 2 is 1.69 bits per heavy atom. The number of halogens is 1. The van der Waals surface area contributed by atoms with Crippen molar-refractivity contribution in [1.29, 1.82) is 0 Å². The van der Waals surface area contributed by atoms with E-state index in [1.165, 1.54) is 15.1 Å². The number of hydrogen-bond acceptors (Lipinski definition) is 6. The number of carbonyl (C=O) groups is 1. The Balaban J connectivity index is 1.08. The minimum atomic E-state index is -0.541. The first kappa shape index (κ1) is 27.3. The van der Waals surface area contributed by atoms with Crippen LogP contribution in [0.25, 0.3) is 50.0 Å². The zero-order valence-corrected chi connectivity index (χ0v) is 25.2. The zero-order chi connectivity index (χ0) is 30.7. The maximum absolute atomic E-state index is 14.6. The van der Waals surface area contributed by atoms with Gasteiger partial charge in [-0.05, 0) is 46.5 Å². The number of benzene rings is 3. The minimum Gasteiger partial charge on any atom is -0.497 e. The van der Waals surface area contributed by atoms with Crippen molar-refractivity contribution in [2.45, 2.75) is 12.5 Å². The number of amides is 1. The van der Waals surface area contributed by atoms with Crippen LogP contribution in [0.3, 0.4) is 0 Å². The van der Waals surface area contributed by atoms with E-state index in [0.29, 0.717) is 28.4 Å². The number of nitrogens with one attached hydrogen (secondary N) is 1. The fourth-order valence-corrected chi connectivity index (χ4v) is 6.97. The number of carbonyl (C=O) groups excluding carboxylic acids is 1. The molecular weight excluding hydrogens is 591 g/mol. The normalized spacial score (nSPS) is 12.6. The molecule has 0 saturated heterocycles. The minimum absolute atomic E-state index is 0.0356. The van der Waals surface area contributed by atoms with E-state index >= 15 is 0 Å². The third-order valence-electron chi connectivity index (χ3n) is 8.61. The molecule has 4 aromatic heterocycles. The molecule has 0 radical (unpaired) electrons. The SMILES string of the molecule is COc1ccc2c(c1)c(-c1cc3c(ncc4cnc(CNC(=O)OCC5c6ccccc6-c6ccccc65)n43)n1SF)cn2C. The molecule has 3 aromatic carbocycles. The molecule has 0 atom stereocenters. The first-order valence-electron chi connectivity index (χ1n) is 14.4. The van der Waals surface area contributed by atoms with Gasteiger partial charge < -0.3 is 19.4 Å². The van der Waals surface area contributed by atoms with Crippen LogP contribution in [0.2, 0.25) is 0 Å². The van der Waals surface area contributed by atoms with Crippen LogP contribution in [0.1, 0.15) is 22.9 Å². The van der Waals surface area contributed by atoms with Gasteiger partial charge in [-0.3, -0.25) is 4.40 Å². The topological polar surface area (TPSA) is 87.6 Å². The number of hydrogen-bond donors (Lipinski definition) is 1. The summed E-state index contributed by atoms with van der Waals surface area (Å²) < 4.78 is 31.1. The van der Waals surface area contributed by atoms with E-state index in [9.17, 15) is 8.68 Å². The second kappa shape index (κ2) is 10.7. The van der Waals surface area contributed by atoms with Crippen molar-refractivity contribution in [2.24, 2.45) is 7.05 Å². The van der Waals surface area contributed by atoms with Crippen molar-refractivity contribution in [2.75, 3.05) is 13.7 Å². The van der Waals surface area contributed by atoms with Gasteiger partial charge >= 0.3 is 6.09 Å². The monoisotopic (exact) mass is 618 g/mol. The van der Waals surface area contributed by atoms with Gasteiger partial charge in [-0.1, -0.05) is 48.5 Å². The van der Waals surface area contributed by atoms with Crippen molar-refractivity contribution >= 4 is 46.0 Å². The van der Waals surface area contributed by atoms with Crippen molar-refractivity contribution in [1.82, 2.24) is 28.2 Å². The molecule has 4 heterocycles. The number of imidazole rings is 1. The molecular formula is C34H27FN6O3S. The molecule has 0 aliphatic heterocycles. The van der Waals surface area contributed by atoms with Gasteiger partial charge in [-0.2, -0.15) is 0 Å². The highest BCUT2D eigenvalue weighted by Crippen LogP contribution is 2.44. The molecule has 0 fully saturated rings. The molecule has 224 valence electrons. The maximum atomic E-state index is 14.6. The Bertz CT molecular complexity index is 2230. The van der Waals surface area contributed by atoms with Gasteiger partial charge in [0.1, 0.15) is 18.2 Å².